The first-order valence-electron chi connectivity index (χ1n) is 7.02. The van der Waals surface area contributed by atoms with E-state index in [0.717, 1.165) is 10.1 Å². The van der Waals surface area contributed by atoms with E-state index in [-0.39, 0.29) is 12.0 Å². The lowest BCUT2D eigenvalue weighted by molar-refractivity contribution is 0.102. The van der Waals surface area contributed by atoms with Crippen LogP contribution < -0.4 is 10.1 Å². The minimum Gasteiger partial charge on any atom is -0.491 e. The molecule has 1 N–H and O–H groups in total. The molecule has 2 rings (SSSR count). The molecule has 0 aliphatic heterocycles. The Morgan fingerprint density at radius 3 is 2.45 bits per heavy atom. The van der Waals surface area contributed by atoms with Gasteiger partial charge in [-0.25, -0.2) is 0 Å². The van der Waals surface area contributed by atoms with Crippen molar-refractivity contribution >= 4 is 34.1 Å². The molecule has 2 aromatic rings. The zero-order valence-corrected chi connectivity index (χ0v) is 14.6. The summed E-state index contributed by atoms with van der Waals surface area (Å²) >= 11 is 3.01. The van der Waals surface area contributed by atoms with Crippen LogP contribution in [0.3, 0.4) is 0 Å². The molecule has 0 aliphatic carbocycles. The van der Waals surface area contributed by atoms with E-state index in [1.165, 1.54) is 11.3 Å². The number of nitrogens with zero attached hydrogens (tertiary/aromatic N) is 2. The molecule has 0 saturated carbocycles. The van der Waals surface area contributed by atoms with Gasteiger partial charge in [-0.1, -0.05) is 36.9 Å². The minimum atomic E-state index is -0.201. The second-order valence-corrected chi connectivity index (χ2v) is 7.99. The van der Waals surface area contributed by atoms with Gasteiger partial charge >= 0.3 is 0 Å². The Morgan fingerprint density at radius 2 is 1.86 bits per heavy atom. The standard InChI is InChI=1S/C15H19N3O2S2/c1-9(2)20-12-7-5-11(6-8-12)13(19)16-14-17-18-15(22-14)21-10(3)4/h5-10H,1-4H3,(H,16,17,19). The van der Waals surface area contributed by atoms with Crippen molar-refractivity contribution in [3.8, 4) is 5.75 Å². The molecular formula is C15H19N3O2S2. The number of anilines is 1. The third kappa shape index (κ3) is 4.99. The summed E-state index contributed by atoms with van der Waals surface area (Å²) < 4.78 is 6.41. The van der Waals surface area contributed by atoms with Gasteiger partial charge in [0.25, 0.3) is 5.91 Å². The molecular weight excluding hydrogens is 318 g/mol. The number of benzene rings is 1. The molecule has 0 radical (unpaired) electrons. The Hall–Kier alpha value is -1.60. The molecule has 0 spiro atoms. The molecule has 0 atom stereocenters. The number of carbonyl (C=O) groups is 1. The van der Waals surface area contributed by atoms with Gasteiger partial charge in [0.05, 0.1) is 6.10 Å². The maximum absolute atomic E-state index is 12.2. The fourth-order valence-corrected chi connectivity index (χ4v) is 3.61. The van der Waals surface area contributed by atoms with Crippen LogP contribution in [0.4, 0.5) is 5.13 Å². The van der Waals surface area contributed by atoms with Crippen molar-refractivity contribution in [1.29, 1.82) is 0 Å². The highest BCUT2D eigenvalue weighted by Gasteiger charge is 2.11. The number of ether oxygens (including phenoxy) is 1. The summed E-state index contributed by atoms with van der Waals surface area (Å²) in [5, 5.41) is 11.7. The van der Waals surface area contributed by atoms with Crippen LogP contribution in [0.25, 0.3) is 0 Å². The Balaban J connectivity index is 1.98. The van der Waals surface area contributed by atoms with Gasteiger partial charge in [0.1, 0.15) is 5.75 Å². The number of amides is 1. The summed E-state index contributed by atoms with van der Waals surface area (Å²) in [6.45, 7) is 8.10. The smallest absolute Gasteiger partial charge is 0.257 e. The first kappa shape index (κ1) is 16.8. The van der Waals surface area contributed by atoms with Crippen LogP contribution in [0.1, 0.15) is 38.1 Å². The van der Waals surface area contributed by atoms with Crippen molar-refractivity contribution in [2.24, 2.45) is 0 Å². The number of nitrogens with one attached hydrogen (secondary N) is 1. The second-order valence-electron chi connectivity index (χ2n) is 5.18. The van der Waals surface area contributed by atoms with E-state index in [4.69, 9.17) is 4.74 Å². The van der Waals surface area contributed by atoms with E-state index in [1.807, 2.05) is 13.8 Å². The molecule has 0 bridgehead atoms. The number of aromatic nitrogens is 2. The molecule has 0 fully saturated rings. The molecule has 1 aromatic carbocycles. The molecule has 0 aliphatic rings. The Morgan fingerprint density at radius 1 is 1.18 bits per heavy atom. The lowest BCUT2D eigenvalue weighted by atomic mass is 10.2. The minimum absolute atomic E-state index is 0.109. The molecule has 7 heteroatoms. The van der Waals surface area contributed by atoms with E-state index in [0.29, 0.717) is 15.9 Å². The third-order valence-electron chi connectivity index (χ3n) is 2.45. The van der Waals surface area contributed by atoms with Gasteiger partial charge in [-0.2, -0.15) is 0 Å². The quantitative estimate of drug-likeness (QED) is 0.635. The van der Waals surface area contributed by atoms with Crippen molar-refractivity contribution in [2.75, 3.05) is 5.32 Å². The lowest BCUT2D eigenvalue weighted by Crippen LogP contribution is -2.12. The van der Waals surface area contributed by atoms with Crippen LogP contribution >= 0.6 is 23.1 Å². The van der Waals surface area contributed by atoms with Crippen LogP contribution in [0.2, 0.25) is 0 Å². The summed E-state index contributed by atoms with van der Waals surface area (Å²) in [5.41, 5.74) is 0.560. The van der Waals surface area contributed by atoms with E-state index in [9.17, 15) is 4.79 Å². The van der Waals surface area contributed by atoms with Crippen LogP contribution in [0, 0.1) is 0 Å². The highest BCUT2D eigenvalue weighted by atomic mass is 32.2. The van der Waals surface area contributed by atoms with Gasteiger partial charge in [-0.15, -0.1) is 10.2 Å². The molecule has 5 nitrogen and oxygen atoms in total. The van der Waals surface area contributed by atoms with Gasteiger partial charge in [0, 0.05) is 10.8 Å². The monoisotopic (exact) mass is 337 g/mol. The van der Waals surface area contributed by atoms with Gasteiger partial charge in [-0.05, 0) is 38.1 Å². The lowest BCUT2D eigenvalue weighted by Gasteiger charge is -2.09. The highest BCUT2D eigenvalue weighted by molar-refractivity contribution is 8.01. The Kier molecular flexibility index (Phi) is 5.79. The second kappa shape index (κ2) is 7.60. The summed E-state index contributed by atoms with van der Waals surface area (Å²) in [4.78, 5) is 12.2. The largest absolute Gasteiger partial charge is 0.491 e. The van der Waals surface area contributed by atoms with Gasteiger partial charge in [0.15, 0.2) is 4.34 Å². The van der Waals surface area contributed by atoms with Gasteiger partial charge < -0.3 is 4.74 Å². The van der Waals surface area contributed by atoms with Crippen LogP contribution in [0.15, 0.2) is 28.6 Å². The zero-order chi connectivity index (χ0) is 16.1. The van der Waals surface area contributed by atoms with Crippen molar-refractivity contribution in [1.82, 2.24) is 10.2 Å². The topological polar surface area (TPSA) is 64.1 Å². The molecule has 1 aromatic heterocycles. The highest BCUT2D eigenvalue weighted by Crippen LogP contribution is 2.28. The molecule has 1 amide bonds. The molecule has 0 unspecified atom stereocenters. The Bertz CT molecular complexity index is 624. The zero-order valence-electron chi connectivity index (χ0n) is 13.0. The van der Waals surface area contributed by atoms with Crippen molar-refractivity contribution in [2.45, 2.75) is 43.4 Å². The summed E-state index contributed by atoms with van der Waals surface area (Å²) in [6.07, 6.45) is 0.109. The predicted molar refractivity (Wildman–Crippen MR) is 91.1 cm³/mol. The van der Waals surface area contributed by atoms with E-state index in [2.05, 4.69) is 29.4 Å². The van der Waals surface area contributed by atoms with E-state index < -0.39 is 0 Å². The first-order chi connectivity index (χ1) is 10.4. The van der Waals surface area contributed by atoms with E-state index in [1.54, 1.807) is 36.0 Å². The maximum atomic E-state index is 12.2. The van der Waals surface area contributed by atoms with E-state index >= 15 is 0 Å². The van der Waals surface area contributed by atoms with Crippen molar-refractivity contribution < 1.29 is 9.53 Å². The van der Waals surface area contributed by atoms with Gasteiger partial charge in [0.2, 0.25) is 5.13 Å². The molecule has 1 heterocycles. The SMILES string of the molecule is CC(C)Oc1ccc(C(=O)Nc2nnc(SC(C)C)s2)cc1. The number of carbonyl (C=O) groups excluding carboxylic acids is 1. The number of hydrogen-bond acceptors (Lipinski definition) is 6. The summed E-state index contributed by atoms with van der Waals surface area (Å²) in [7, 11) is 0. The molecule has 22 heavy (non-hydrogen) atoms. The van der Waals surface area contributed by atoms with Crippen LogP contribution in [-0.4, -0.2) is 27.5 Å². The first-order valence-corrected chi connectivity index (χ1v) is 8.72. The predicted octanol–water partition coefficient (Wildman–Crippen LogP) is 4.08. The molecule has 0 saturated heterocycles. The number of rotatable bonds is 6. The van der Waals surface area contributed by atoms with Crippen LogP contribution in [-0.2, 0) is 0 Å². The number of thioether (sulfide) groups is 1. The summed E-state index contributed by atoms with van der Waals surface area (Å²) in [5.74, 6) is 0.548. The fourth-order valence-electron chi connectivity index (χ4n) is 1.64. The van der Waals surface area contributed by atoms with Crippen molar-refractivity contribution in [3.63, 3.8) is 0 Å². The maximum Gasteiger partial charge on any atom is 0.257 e. The Labute approximate surface area is 138 Å². The average molecular weight is 337 g/mol. The number of hydrogen-bond donors (Lipinski definition) is 1. The fraction of sp³-hybridized carbons (Fsp3) is 0.400. The molecule has 118 valence electrons. The summed E-state index contributed by atoms with van der Waals surface area (Å²) in [6, 6.07) is 7.04. The average Bonchev–Trinajstić information content (AvgIpc) is 2.85. The normalized spacial score (nSPS) is 11.0. The van der Waals surface area contributed by atoms with Gasteiger partial charge in [-0.3, -0.25) is 10.1 Å². The van der Waals surface area contributed by atoms with Crippen LogP contribution in [0.5, 0.6) is 5.75 Å². The van der Waals surface area contributed by atoms with Crippen molar-refractivity contribution in [3.05, 3.63) is 29.8 Å². The third-order valence-corrected chi connectivity index (χ3v) is 4.38.